The van der Waals surface area contributed by atoms with Crippen molar-refractivity contribution < 1.29 is 9.90 Å². The molecular formula is C32H31O2-. The molecule has 1 atom stereocenters. The summed E-state index contributed by atoms with van der Waals surface area (Å²) in [5.41, 5.74) is 12.4. The third-order valence-electron chi connectivity index (χ3n) is 7.57. The number of hydrogen-bond acceptors (Lipinski definition) is 2. The summed E-state index contributed by atoms with van der Waals surface area (Å²) in [6.07, 6.45) is 8.66. The summed E-state index contributed by atoms with van der Waals surface area (Å²) in [5.74, 6) is 0.286. The van der Waals surface area contributed by atoms with E-state index in [-0.39, 0.29) is 17.5 Å². The molecule has 2 heteroatoms. The van der Waals surface area contributed by atoms with Gasteiger partial charge in [-0.15, -0.1) is 0 Å². The van der Waals surface area contributed by atoms with Crippen LogP contribution in [0.5, 0.6) is 0 Å². The van der Waals surface area contributed by atoms with Gasteiger partial charge in [0.2, 0.25) is 0 Å². The quantitative estimate of drug-likeness (QED) is 0.480. The van der Waals surface area contributed by atoms with E-state index in [1.807, 2.05) is 6.07 Å². The van der Waals surface area contributed by atoms with Crippen LogP contribution in [0.15, 0.2) is 87.8 Å². The Morgan fingerprint density at radius 2 is 1.62 bits per heavy atom. The molecule has 5 aliphatic rings. The molecule has 5 aliphatic carbocycles. The summed E-state index contributed by atoms with van der Waals surface area (Å²) in [5, 5.41) is 13.6. The topological polar surface area (TPSA) is 40.1 Å². The minimum atomic E-state index is -0.124. The van der Waals surface area contributed by atoms with Crippen molar-refractivity contribution >= 4 is 11.4 Å². The largest absolute Gasteiger partial charge is 0.871 e. The van der Waals surface area contributed by atoms with Gasteiger partial charge in [-0.2, -0.15) is 0 Å². The average Bonchev–Trinajstić information content (AvgIpc) is 3.09. The van der Waals surface area contributed by atoms with Crippen LogP contribution in [0, 0.1) is 32.6 Å². The zero-order valence-corrected chi connectivity index (χ0v) is 21.1. The van der Waals surface area contributed by atoms with Crippen LogP contribution in [0.2, 0.25) is 0 Å². The number of rotatable bonds is 2. The highest BCUT2D eigenvalue weighted by Crippen LogP contribution is 2.49. The molecule has 0 radical (unpaired) electrons. The maximum atomic E-state index is 13.6. The lowest BCUT2D eigenvalue weighted by molar-refractivity contribution is -0.297. The molecule has 0 aliphatic heterocycles. The van der Waals surface area contributed by atoms with Crippen LogP contribution in [0.4, 0.5) is 0 Å². The summed E-state index contributed by atoms with van der Waals surface area (Å²) in [6, 6.07) is 8.32. The number of hydrogen-bond donors (Lipinski definition) is 0. The van der Waals surface area contributed by atoms with Crippen LogP contribution in [0.25, 0.3) is 16.7 Å². The lowest BCUT2D eigenvalue weighted by Gasteiger charge is -2.33. The van der Waals surface area contributed by atoms with E-state index in [0.717, 1.165) is 50.1 Å². The van der Waals surface area contributed by atoms with E-state index < -0.39 is 0 Å². The van der Waals surface area contributed by atoms with Crippen LogP contribution in [-0.2, 0) is 4.79 Å². The summed E-state index contributed by atoms with van der Waals surface area (Å²) >= 11 is 0. The third-order valence-corrected chi connectivity index (χ3v) is 7.57. The summed E-state index contributed by atoms with van der Waals surface area (Å²) in [7, 11) is 0. The van der Waals surface area contributed by atoms with Crippen LogP contribution in [0.1, 0.15) is 49.9 Å². The molecule has 0 saturated heterocycles. The van der Waals surface area contributed by atoms with Gasteiger partial charge in [-0.1, -0.05) is 79.3 Å². The summed E-state index contributed by atoms with van der Waals surface area (Å²) < 4.78 is 0. The van der Waals surface area contributed by atoms with Crippen molar-refractivity contribution in [2.75, 3.05) is 0 Å². The van der Waals surface area contributed by atoms with Crippen molar-refractivity contribution in [1.82, 2.24) is 0 Å². The lowest BCUT2D eigenvalue weighted by Crippen LogP contribution is -2.30. The first-order valence-corrected chi connectivity index (χ1v) is 12.1. The fraction of sp³-hybridized carbons (Fsp3) is 0.281. The van der Waals surface area contributed by atoms with E-state index in [0.29, 0.717) is 17.1 Å². The minimum absolute atomic E-state index is 0.116. The molecule has 0 amide bonds. The van der Waals surface area contributed by atoms with Gasteiger partial charge in [-0.25, -0.2) is 0 Å². The smallest absolute Gasteiger partial charge is 0.193 e. The van der Waals surface area contributed by atoms with Crippen LogP contribution >= 0.6 is 0 Å². The monoisotopic (exact) mass is 447 g/mol. The van der Waals surface area contributed by atoms with Gasteiger partial charge in [0.1, 0.15) is 0 Å². The van der Waals surface area contributed by atoms with Gasteiger partial charge in [0.05, 0.1) is 0 Å². The molecule has 1 unspecified atom stereocenters. The number of carbonyl (C=O) groups excluding carboxylic acids is 1. The van der Waals surface area contributed by atoms with Crippen molar-refractivity contribution in [2.24, 2.45) is 11.8 Å². The predicted octanol–water partition coefficient (Wildman–Crippen LogP) is 6.71. The molecular weight excluding hydrogens is 416 g/mol. The first-order valence-electron chi connectivity index (χ1n) is 12.1. The number of carbonyl (C=O) groups is 1. The van der Waals surface area contributed by atoms with Crippen molar-refractivity contribution in [2.45, 2.75) is 48.5 Å². The van der Waals surface area contributed by atoms with E-state index in [4.69, 9.17) is 0 Å². The number of fused-ring (bicyclic) bond motifs is 2. The highest BCUT2D eigenvalue weighted by molar-refractivity contribution is 6.40. The molecule has 0 aromatic carbocycles. The van der Waals surface area contributed by atoms with Gasteiger partial charge in [-0.05, 0) is 90.6 Å². The Morgan fingerprint density at radius 1 is 0.882 bits per heavy atom. The molecule has 0 N–H and O–H groups in total. The molecule has 0 spiro atoms. The first kappa shape index (κ1) is 22.4. The number of ketones is 1. The number of allylic oxidation sites excluding steroid dienone is 11. The van der Waals surface area contributed by atoms with Gasteiger partial charge < -0.3 is 5.11 Å². The Bertz CT molecular complexity index is 1430. The van der Waals surface area contributed by atoms with Gasteiger partial charge in [0, 0.05) is 17.1 Å². The molecule has 172 valence electrons. The van der Waals surface area contributed by atoms with Crippen LogP contribution in [-0.4, -0.2) is 5.78 Å². The molecule has 5 rings (SSSR count). The Morgan fingerprint density at radius 3 is 2.29 bits per heavy atom. The summed E-state index contributed by atoms with van der Waals surface area (Å²) in [4.78, 5) is 13.6. The Labute approximate surface area is 202 Å². The van der Waals surface area contributed by atoms with Gasteiger partial charge in [0.15, 0.2) is 5.78 Å². The van der Waals surface area contributed by atoms with E-state index in [9.17, 15) is 9.90 Å². The zero-order chi connectivity index (χ0) is 24.5. The Balaban J connectivity index is 1.69. The Hall–Kier alpha value is -3.39. The molecule has 34 heavy (non-hydrogen) atoms. The van der Waals surface area contributed by atoms with Crippen molar-refractivity contribution in [1.29, 1.82) is 0 Å². The SMILES string of the molecule is CC1=C/C(=C2\C(=O)C(c3cc(C)c4cc(C)ccc(C)c3-4)=C2[O-])C2=C(C)C=CC(C(C)C)=CC12. The maximum absolute atomic E-state index is 13.6. The fourth-order valence-corrected chi connectivity index (χ4v) is 5.63. The van der Waals surface area contributed by atoms with Crippen molar-refractivity contribution in [3.8, 4) is 11.1 Å². The highest BCUT2D eigenvalue weighted by atomic mass is 16.3. The molecule has 2 nitrogen and oxygen atoms in total. The molecule has 0 fully saturated rings. The van der Waals surface area contributed by atoms with Crippen LogP contribution in [0.3, 0.4) is 0 Å². The maximum Gasteiger partial charge on any atom is 0.193 e. The molecule has 0 bridgehead atoms. The van der Waals surface area contributed by atoms with E-state index in [1.54, 1.807) is 0 Å². The first-order chi connectivity index (χ1) is 16.1. The third kappa shape index (κ3) is 3.20. The second-order valence-electron chi connectivity index (χ2n) is 10.4. The highest BCUT2D eigenvalue weighted by Gasteiger charge is 2.38. The van der Waals surface area contributed by atoms with E-state index in [2.05, 4.69) is 91.0 Å². The van der Waals surface area contributed by atoms with E-state index >= 15 is 0 Å². The lowest BCUT2D eigenvalue weighted by atomic mass is 9.77. The normalized spacial score (nSPS) is 22.4. The average molecular weight is 448 g/mol. The Kier molecular flexibility index (Phi) is 5.16. The molecule has 0 heterocycles. The van der Waals surface area contributed by atoms with Gasteiger partial charge >= 0.3 is 0 Å². The van der Waals surface area contributed by atoms with Crippen LogP contribution < -0.4 is 5.11 Å². The predicted molar refractivity (Wildman–Crippen MR) is 138 cm³/mol. The van der Waals surface area contributed by atoms with Gasteiger partial charge in [-0.3, -0.25) is 4.79 Å². The van der Waals surface area contributed by atoms with Crippen molar-refractivity contribution in [3.63, 3.8) is 0 Å². The van der Waals surface area contributed by atoms with Gasteiger partial charge in [0.25, 0.3) is 0 Å². The standard InChI is InChI=1S/C32H32O2/c1-16(2)22-11-10-19(5)28-24(15-22)21(7)14-26(28)30-31(33)29(32(30)34)25-13-20(6)23-12-17(3)8-9-18(4)27(23)25/h8-16,24,33H,1-7H3/p-1/b30-26+. The minimum Gasteiger partial charge on any atom is -0.871 e. The van der Waals surface area contributed by atoms with E-state index in [1.165, 1.54) is 11.1 Å². The summed E-state index contributed by atoms with van der Waals surface area (Å²) in [6.45, 7) is 14.7. The fourth-order valence-electron chi connectivity index (χ4n) is 5.63. The molecule has 0 aromatic heterocycles. The number of Topliss-reactive ketones (excluding diaryl/α,β-unsaturated/α-hetero) is 1. The number of aryl methyl sites for hydroxylation is 3. The van der Waals surface area contributed by atoms with Crippen molar-refractivity contribution in [3.05, 3.63) is 110 Å². The molecule has 0 aromatic rings. The second-order valence-corrected chi connectivity index (χ2v) is 10.4. The zero-order valence-electron chi connectivity index (χ0n) is 21.1. The molecule has 0 saturated carbocycles. The second kappa shape index (κ2) is 7.84.